The number of nitrogens with zero attached hydrogens (tertiary/aromatic N) is 2. The lowest BCUT2D eigenvalue weighted by Crippen LogP contribution is -2.17. The maximum absolute atomic E-state index is 10.4. The number of nitrogens with one attached hydrogen (secondary N) is 1. The average Bonchev–Trinajstić information content (AvgIpc) is 2.38. The van der Waals surface area contributed by atoms with Gasteiger partial charge in [0.1, 0.15) is 18.7 Å². The molecule has 0 spiro atoms. The minimum Gasteiger partial charge on any atom is -0.480 e. The fourth-order valence-corrected chi connectivity index (χ4v) is 1.85. The molecule has 0 unspecified atom stereocenters. The predicted octanol–water partition coefficient (Wildman–Crippen LogP) is 0.867. The van der Waals surface area contributed by atoms with E-state index in [0.717, 1.165) is 31.7 Å². The standard InChI is InChI=1S/C11H15N3O3/c15-11(16)6-12-10-5-9(13-7-14-10)8-1-3-17-4-2-8/h5,7-8H,1-4,6H2,(H,15,16)(H,12,13,14). The van der Waals surface area contributed by atoms with Crippen molar-refractivity contribution in [3.63, 3.8) is 0 Å². The Hall–Kier alpha value is -1.69. The van der Waals surface area contributed by atoms with Gasteiger partial charge in [0.05, 0.1) is 0 Å². The van der Waals surface area contributed by atoms with Crippen LogP contribution in [0.2, 0.25) is 0 Å². The Bertz CT molecular complexity index is 391. The van der Waals surface area contributed by atoms with Crippen LogP contribution in [0.1, 0.15) is 24.5 Å². The third-order valence-corrected chi connectivity index (χ3v) is 2.75. The number of carboxylic acids is 1. The van der Waals surface area contributed by atoms with Crippen molar-refractivity contribution in [1.82, 2.24) is 9.97 Å². The molecule has 2 rings (SSSR count). The summed E-state index contributed by atoms with van der Waals surface area (Å²) in [6.45, 7) is 1.38. The van der Waals surface area contributed by atoms with Crippen LogP contribution >= 0.6 is 0 Å². The van der Waals surface area contributed by atoms with Crippen LogP contribution < -0.4 is 5.32 Å². The van der Waals surface area contributed by atoms with Gasteiger partial charge in [-0.3, -0.25) is 4.79 Å². The quantitative estimate of drug-likeness (QED) is 0.808. The molecule has 0 aliphatic carbocycles. The Balaban J connectivity index is 2.02. The molecule has 2 N–H and O–H groups in total. The molecule has 0 atom stereocenters. The predicted molar refractivity (Wildman–Crippen MR) is 61.0 cm³/mol. The SMILES string of the molecule is O=C(O)CNc1cc(C2CCOCC2)ncn1. The number of aromatic nitrogens is 2. The van der Waals surface area contributed by atoms with Gasteiger partial charge in [-0.1, -0.05) is 0 Å². The lowest BCUT2D eigenvalue weighted by molar-refractivity contribution is -0.134. The number of hydrogen-bond acceptors (Lipinski definition) is 5. The maximum Gasteiger partial charge on any atom is 0.322 e. The van der Waals surface area contributed by atoms with E-state index in [1.54, 1.807) is 0 Å². The zero-order valence-corrected chi connectivity index (χ0v) is 9.43. The number of hydrogen-bond donors (Lipinski definition) is 2. The van der Waals surface area contributed by atoms with Crippen LogP contribution in [0.25, 0.3) is 0 Å². The third-order valence-electron chi connectivity index (χ3n) is 2.75. The monoisotopic (exact) mass is 237 g/mol. The second-order valence-corrected chi connectivity index (χ2v) is 3.96. The second kappa shape index (κ2) is 5.58. The number of anilines is 1. The van der Waals surface area contributed by atoms with E-state index in [1.807, 2.05) is 6.07 Å². The van der Waals surface area contributed by atoms with E-state index in [4.69, 9.17) is 9.84 Å². The van der Waals surface area contributed by atoms with Crippen LogP contribution in [0, 0.1) is 0 Å². The van der Waals surface area contributed by atoms with Crippen molar-refractivity contribution in [1.29, 1.82) is 0 Å². The van der Waals surface area contributed by atoms with Crippen LogP contribution in [0.15, 0.2) is 12.4 Å². The summed E-state index contributed by atoms with van der Waals surface area (Å²) in [5.41, 5.74) is 0.955. The molecule has 0 radical (unpaired) electrons. The minimum atomic E-state index is -0.906. The van der Waals surface area contributed by atoms with Gasteiger partial charge < -0.3 is 15.2 Å². The zero-order valence-electron chi connectivity index (χ0n) is 9.43. The smallest absolute Gasteiger partial charge is 0.322 e. The summed E-state index contributed by atoms with van der Waals surface area (Å²) in [6.07, 6.45) is 3.37. The van der Waals surface area contributed by atoms with Crippen molar-refractivity contribution in [2.45, 2.75) is 18.8 Å². The summed E-state index contributed by atoms with van der Waals surface area (Å²) in [4.78, 5) is 18.7. The van der Waals surface area contributed by atoms with E-state index in [0.29, 0.717) is 11.7 Å². The molecule has 1 saturated heterocycles. The van der Waals surface area contributed by atoms with Crippen LogP contribution in [0.4, 0.5) is 5.82 Å². The van der Waals surface area contributed by atoms with E-state index in [-0.39, 0.29) is 6.54 Å². The van der Waals surface area contributed by atoms with Gasteiger partial charge in [0.25, 0.3) is 0 Å². The van der Waals surface area contributed by atoms with Gasteiger partial charge in [-0.25, -0.2) is 9.97 Å². The fourth-order valence-electron chi connectivity index (χ4n) is 1.85. The Kier molecular flexibility index (Phi) is 3.87. The Morgan fingerprint density at radius 1 is 1.47 bits per heavy atom. The lowest BCUT2D eigenvalue weighted by Gasteiger charge is -2.21. The molecule has 0 bridgehead atoms. The molecule has 6 nitrogen and oxygen atoms in total. The van der Waals surface area contributed by atoms with Crippen molar-refractivity contribution >= 4 is 11.8 Å². The first kappa shape index (κ1) is 11.8. The summed E-state index contributed by atoms with van der Waals surface area (Å²) >= 11 is 0. The minimum absolute atomic E-state index is 0.135. The Morgan fingerprint density at radius 3 is 2.94 bits per heavy atom. The number of ether oxygens (including phenoxy) is 1. The molecule has 1 fully saturated rings. The van der Waals surface area contributed by atoms with E-state index in [2.05, 4.69) is 15.3 Å². The summed E-state index contributed by atoms with van der Waals surface area (Å²) in [5.74, 6) is 0.0391. The first-order chi connectivity index (χ1) is 8.25. The lowest BCUT2D eigenvalue weighted by atomic mass is 9.96. The van der Waals surface area contributed by atoms with Crippen molar-refractivity contribution < 1.29 is 14.6 Å². The highest BCUT2D eigenvalue weighted by Gasteiger charge is 2.17. The van der Waals surface area contributed by atoms with E-state index in [1.165, 1.54) is 6.33 Å². The molecule has 17 heavy (non-hydrogen) atoms. The summed E-state index contributed by atoms with van der Waals surface area (Å²) in [5, 5.41) is 11.3. The number of rotatable bonds is 4. The van der Waals surface area contributed by atoms with Gasteiger partial charge in [0.15, 0.2) is 0 Å². The first-order valence-corrected chi connectivity index (χ1v) is 5.61. The van der Waals surface area contributed by atoms with Gasteiger partial charge >= 0.3 is 5.97 Å². The normalized spacial score (nSPS) is 16.7. The number of carboxylic acid groups (broad SMARTS) is 1. The Labute approximate surface area is 99.0 Å². The topological polar surface area (TPSA) is 84.3 Å². The van der Waals surface area contributed by atoms with E-state index >= 15 is 0 Å². The summed E-state index contributed by atoms with van der Waals surface area (Å²) in [6, 6.07) is 1.82. The van der Waals surface area contributed by atoms with Gasteiger partial charge in [-0.15, -0.1) is 0 Å². The molecule has 1 aromatic rings. The van der Waals surface area contributed by atoms with Gasteiger partial charge in [0, 0.05) is 30.9 Å². The third kappa shape index (κ3) is 3.39. The number of carbonyl (C=O) groups is 1. The molecule has 2 heterocycles. The molecule has 0 saturated carbocycles. The molecule has 1 aromatic heterocycles. The average molecular weight is 237 g/mol. The molecular formula is C11H15N3O3. The molecular weight excluding hydrogens is 222 g/mol. The van der Waals surface area contributed by atoms with Crippen LogP contribution in [0.3, 0.4) is 0 Å². The molecule has 0 aromatic carbocycles. The second-order valence-electron chi connectivity index (χ2n) is 3.96. The number of aliphatic carboxylic acids is 1. The van der Waals surface area contributed by atoms with Crippen LogP contribution in [-0.2, 0) is 9.53 Å². The molecule has 1 aliphatic heterocycles. The molecule has 6 heteroatoms. The van der Waals surface area contributed by atoms with E-state index in [9.17, 15) is 4.79 Å². The summed E-state index contributed by atoms with van der Waals surface area (Å²) in [7, 11) is 0. The largest absolute Gasteiger partial charge is 0.480 e. The van der Waals surface area contributed by atoms with Gasteiger partial charge in [-0.05, 0) is 12.8 Å². The molecule has 1 aliphatic rings. The van der Waals surface area contributed by atoms with Crippen molar-refractivity contribution in [2.75, 3.05) is 25.1 Å². The van der Waals surface area contributed by atoms with Crippen LogP contribution in [0.5, 0.6) is 0 Å². The zero-order chi connectivity index (χ0) is 12.1. The molecule has 92 valence electrons. The van der Waals surface area contributed by atoms with Crippen molar-refractivity contribution in [3.8, 4) is 0 Å². The summed E-state index contributed by atoms with van der Waals surface area (Å²) < 4.78 is 5.29. The van der Waals surface area contributed by atoms with Crippen LogP contribution in [-0.4, -0.2) is 40.8 Å². The fraction of sp³-hybridized carbons (Fsp3) is 0.545. The van der Waals surface area contributed by atoms with Gasteiger partial charge in [0.2, 0.25) is 0 Å². The highest BCUT2D eigenvalue weighted by Crippen LogP contribution is 2.25. The maximum atomic E-state index is 10.4. The Morgan fingerprint density at radius 2 is 2.24 bits per heavy atom. The van der Waals surface area contributed by atoms with E-state index < -0.39 is 5.97 Å². The highest BCUT2D eigenvalue weighted by molar-refractivity contribution is 5.72. The highest BCUT2D eigenvalue weighted by atomic mass is 16.5. The first-order valence-electron chi connectivity index (χ1n) is 5.61. The van der Waals surface area contributed by atoms with Crippen molar-refractivity contribution in [2.24, 2.45) is 0 Å². The molecule has 0 amide bonds. The van der Waals surface area contributed by atoms with Crippen molar-refractivity contribution in [3.05, 3.63) is 18.1 Å². The van der Waals surface area contributed by atoms with Gasteiger partial charge in [-0.2, -0.15) is 0 Å².